The molecule has 1 atom stereocenters. The van der Waals surface area contributed by atoms with E-state index in [0.717, 1.165) is 0 Å². The van der Waals surface area contributed by atoms with Crippen molar-refractivity contribution in [2.45, 2.75) is 17.8 Å². The average molecular weight is 229 g/mol. The second-order valence-electron chi connectivity index (χ2n) is 1.24. The summed E-state index contributed by atoms with van der Waals surface area (Å²) >= 11 is 1.75. The lowest BCUT2D eigenvalue weighted by atomic mass is 10.7. The van der Waals surface area contributed by atoms with E-state index in [0.29, 0.717) is 0 Å². The molecule has 10 heavy (non-hydrogen) atoms. The molecule has 0 spiro atoms. The third-order valence-electron chi connectivity index (χ3n) is 0.500. The number of alkyl halides is 6. The van der Waals surface area contributed by atoms with Crippen molar-refractivity contribution < 1.29 is 26.7 Å². The maximum Gasteiger partial charge on any atom is 0.401 e. The average Bonchev–Trinajstić information content (AvgIpc) is 1.60. The Morgan fingerprint density at radius 1 is 1.20 bits per heavy atom. The second-order valence-corrected chi connectivity index (χ2v) is 2.04. The Bertz CT molecular complexity index is 105. The smallest absolute Gasteiger partial charge is 0.255 e. The highest BCUT2D eigenvalue weighted by atomic mass is 79.9. The molecule has 0 N–H and O–H groups in total. The van der Waals surface area contributed by atoms with E-state index in [1.165, 1.54) is 0 Å². The molecule has 1 nitrogen and oxygen atoms in total. The van der Waals surface area contributed by atoms with Crippen molar-refractivity contribution in [1.82, 2.24) is 0 Å². The molecule has 0 aliphatic heterocycles. The highest BCUT2D eigenvalue weighted by molar-refractivity contribution is 9.09. The molecule has 0 aliphatic carbocycles. The molecular weight excluding hydrogens is 227 g/mol. The fourth-order valence-electron chi connectivity index (χ4n) is 0.170. The van der Waals surface area contributed by atoms with Crippen LogP contribution >= 0.6 is 15.9 Å². The minimum atomic E-state index is -4.48. The van der Waals surface area contributed by atoms with E-state index in [1.807, 2.05) is 0 Å². The van der Waals surface area contributed by atoms with Gasteiger partial charge in [0.2, 0.25) is 5.08 Å². The molecule has 62 valence electrons. The lowest BCUT2D eigenvalue weighted by Crippen LogP contribution is -2.31. The minimum absolute atomic E-state index is 1.75. The van der Waals surface area contributed by atoms with Crippen LogP contribution in [0.15, 0.2) is 0 Å². The van der Waals surface area contributed by atoms with Crippen molar-refractivity contribution in [2.24, 2.45) is 0 Å². The first-order chi connectivity index (χ1) is 4.36. The zero-order valence-electron chi connectivity index (χ0n) is 4.33. The number of hydrogen-bond donors (Lipinski definition) is 0. The molecule has 0 aromatic rings. The topological polar surface area (TPSA) is 9.23 Å². The van der Waals surface area contributed by atoms with Gasteiger partial charge in [-0.1, -0.05) is 0 Å². The number of ether oxygens (including phenoxy) is 1. The Morgan fingerprint density at radius 3 is 1.70 bits per heavy atom. The Hall–Kier alpha value is 0.0900. The van der Waals surface area contributed by atoms with E-state index in [9.17, 15) is 22.0 Å². The fourth-order valence-corrected chi connectivity index (χ4v) is 0.278. The van der Waals surface area contributed by atoms with Crippen LogP contribution in [0.2, 0.25) is 0 Å². The molecule has 0 aromatic heterocycles. The van der Waals surface area contributed by atoms with Gasteiger partial charge in [-0.2, -0.15) is 17.6 Å². The normalized spacial score (nSPS) is 15.9. The standard InChI is InChI=1S/C3H2BrF5O/c4-1(5)3(8,9)10-2(6)7/h1-2H. The third-order valence-corrected chi connectivity index (χ3v) is 1.03. The minimum Gasteiger partial charge on any atom is -0.255 e. The number of hydrogen-bond acceptors (Lipinski definition) is 1. The van der Waals surface area contributed by atoms with Crippen LogP contribution in [-0.2, 0) is 4.74 Å². The van der Waals surface area contributed by atoms with Gasteiger partial charge < -0.3 is 0 Å². The van der Waals surface area contributed by atoms with Gasteiger partial charge in [-0.15, -0.1) is 0 Å². The van der Waals surface area contributed by atoms with Crippen LogP contribution in [0.5, 0.6) is 0 Å². The van der Waals surface area contributed by atoms with E-state index in [2.05, 4.69) is 4.74 Å². The predicted octanol–water partition coefficient (Wildman–Crippen LogP) is 2.51. The summed E-state index contributed by atoms with van der Waals surface area (Å²) in [4.78, 5) is 0. The molecule has 0 saturated heterocycles. The Labute approximate surface area is 61.3 Å². The second kappa shape index (κ2) is 3.47. The van der Waals surface area contributed by atoms with E-state index in [1.54, 1.807) is 15.9 Å². The molecule has 0 fully saturated rings. The van der Waals surface area contributed by atoms with Gasteiger partial charge in [0, 0.05) is 0 Å². The fraction of sp³-hybridized carbons (Fsp3) is 1.00. The lowest BCUT2D eigenvalue weighted by Gasteiger charge is -2.15. The molecule has 0 aliphatic rings. The van der Waals surface area contributed by atoms with Gasteiger partial charge in [-0.3, -0.25) is 4.74 Å². The highest BCUT2D eigenvalue weighted by Crippen LogP contribution is 2.29. The maximum absolute atomic E-state index is 11.7. The Kier molecular flexibility index (Phi) is 3.50. The van der Waals surface area contributed by atoms with Crippen molar-refractivity contribution in [3.05, 3.63) is 0 Å². The van der Waals surface area contributed by atoms with Crippen LogP contribution in [0, 0.1) is 0 Å². The molecule has 0 radical (unpaired) electrons. The summed E-state index contributed by atoms with van der Waals surface area (Å²) in [6.45, 7) is -3.69. The Balaban J connectivity index is 3.87. The van der Waals surface area contributed by atoms with Gasteiger partial charge in [0.1, 0.15) is 0 Å². The van der Waals surface area contributed by atoms with Crippen molar-refractivity contribution in [1.29, 1.82) is 0 Å². The van der Waals surface area contributed by atoms with E-state index in [-0.39, 0.29) is 0 Å². The predicted molar refractivity (Wildman–Crippen MR) is 25.9 cm³/mol. The number of halogens is 6. The molecule has 0 bridgehead atoms. The van der Waals surface area contributed by atoms with E-state index in [4.69, 9.17) is 0 Å². The van der Waals surface area contributed by atoms with Gasteiger partial charge in [0.15, 0.2) is 0 Å². The molecule has 0 amide bonds. The van der Waals surface area contributed by atoms with Crippen molar-refractivity contribution in [3.8, 4) is 0 Å². The SMILES string of the molecule is FC(F)OC(F)(F)C(F)Br. The first-order valence-corrected chi connectivity index (χ1v) is 2.90. The van der Waals surface area contributed by atoms with Crippen LogP contribution < -0.4 is 0 Å². The van der Waals surface area contributed by atoms with Gasteiger partial charge >= 0.3 is 12.7 Å². The van der Waals surface area contributed by atoms with Crippen LogP contribution in [0.4, 0.5) is 22.0 Å². The molecule has 1 unspecified atom stereocenters. The molecule has 0 saturated carbocycles. The summed E-state index contributed by atoms with van der Waals surface area (Å²) in [7, 11) is 0. The molecular formula is C3H2BrF5O. The molecule has 7 heteroatoms. The molecule has 0 aromatic carbocycles. The van der Waals surface area contributed by atoms with E-state index < -0.39 is 17.8 Å². The third kappa shape index (κ3) is 3.31. The van der Waals surface area contributed by atoms with Crippen LogP contribution in [-0.4, -0.2) is 17.8 Å². The highest BCUT2D eigenvalue weighted by Gasteiger charge is 2.42. The molecule has 0 rings (SSSR count). The van der Waals surface area contributed by atoms with Crippen LogP contribution in [0.25, 0.3) is 0 Å². The van der Waals surface area contributed by atoms with Gasteiger partial charge in [-0.25, -0.2) is 4.39 Å². The zero-order valence-corrected chi connectivity index (χ0v) is 5.92. The van der Waals surface area contributed by atoms with Crippen molar-refractivity contribution in [2.75, 3.05) is 0 Å². The largest absolute Gasteiger partial charge is 0.401 e. The van der Waals surface area contributed by atoms with E-state index >= 15 is 0 Å². The summed E-state index contributed by atoms with van der Waals surface area (Å²) in [5.41, 5.74) is 0. The summed E-state index contributed by atoms with van der Waals surface area (Å²) in [6.07, 6.45) is -4.48. The first-order valence-electron chi connectivity index (χ1n) is 1.98. The summed E-state index contributed by atoms with van der Waals surface area (Å²) in [5.74, 6) is 0. The van der Waals surface area contributed by atoms with Gasteiger partial charge in [0.25, 0.3) is 0 Å². The maximum atomic E-state index is 11.7. The lowest BCUT2D eigenvalue weighted by molar-refractivity contribution is -0.328. The van der Waals surface area contributed by atoms with Gasteiger partial charge in [-0.05, 0) is 15.9 Å². The summed E-state index contributed by atoms with van der Waals surface area (Å²) < 4.78 is 59.5. The first kappa shape index (κ1) is 10.1. The molecule has 0 heterocycles. The quantitative estimate of drug-likeness (QED) is 0.533. The monoisotopic (exact) mass is 228 g/mol. The van der Waals surface area contributed by atoms with Gasteiger partial charge in [0.05, 0.1) is 0 Å². The van der Waals surface area contributed by atoms with Crippen LogP contribution in [0.1, 0.15) is 0 Å². The Morgan fingerprint density at radius 2 is 1.60 bits per heavy atom. The van der Waals surface area contributed by atoms with Crippen molar-refractivity contribution >= 4 is 15.9 Å². The zero-order chi connectivity index (χ0) is 8.36. The van der Waals surface area contributed by atoms with Crippen molar-refractivity contribution in [3.63, 3.8) is 0 Å². The summed E-state index contributed by atoms with van der Waals surface area (Å²) in [6, 6.07) is 0. The number of rotatable bonds is 3. The summed E-state index contributed by atoms with van der Waals surface area (Å²) in [5, 5.41) is -2.92. The van der Waals surface area contributed by atoms with Crippen LogP contribution in [0.3, 0.4) is 0 Å².